The summed E-state index contributed by atoms with van der Waals surface area (Å²) in [5, 5.41) is 20.9. The van der Waals surface area contributed by atoms with Gasteiger partial charge in [-0.05, 0) is 49.8 Å². The largest absolute Gasteiger partial charge is 0.381 e. The maximum absolute atomic E-state index is 13.5. The lowest BCUT2D eigenvalue weighted by atomic mass is 9.97. The summed E-state index contributed by atoms with van der Waals surface area (Å²) in [5.74, 6) is 0. The van der Waals surface area contributed by atoms with Gasteiger partial charge in [0, 0.05) is 44.3 Å². The lowest BCUT2D eigenvalue weighted by Gasteiger charge is -2.31. The van der Waals surface area contributed by atoms with E-state index in [4.69, 9.17) is 4.74 Å². The van der Waals surface area contributed by atoms with Crippen LogP contribution in [-0.4, -0.2) is 78.2 Å². The third-order valence-electron chi connectivity index (χ3n) is 7.81. The average Bonchev–Trinajstić information content (AvgIpc) is 3.41. The number of alkyl halides is 2. The Morgan fingerprint density at radius 2 is 1.93 bits per heavy atom. The first-order chi connectivity index (χ1) is 19.9. The molecule has 0 amide bonds. The highest BCUT2D eigenvalue weighted by atomic mass is 32.2. The van der Waals surface area contributed by atoms with Crippen LogP contribution < -0.4 is 4.72 Å². The molecule has 6 rings (SSSR count). The van der Waals surface area contributed by atoms with Crippen LogP contribution in [-0.2, 0) is 31.8 Å². The molecule has 0 unspecified atom stereocenters. The normalized spacial score (nSPS) is 20.1. The first-order valence-corrected chi connectivity index (χ1v) is 17.1. The van der Waals surface area contributed by atoms with Gasteiger partial charge in [-0.25, -0.2) is 25.6 Å². The van der Waals surface area contributed by atoms with Gasteiger partial charge in [-0.3, -0.25) is 4.68 Å². The Morgan fingerprint density at radius 1 is 1.19 bits per heavy atom. The summed E-state index contributed by atoms with van der Waals surface area (Å²) in [6.45, 7) is 1.12. The number of rotatable bonds is 8. The maximum atomic E-state index is 13.5. The number of ether oxygens (including phenoxy) is 1. The van der Waals surface area contributed by atoms with Gasteiger partial charge in [-0.1, -0.05) is 17.4 Å². The van der Waals surface area contributed by atoms with E-state index in [9.17, 15) is 30.9 Å². The van der Waals surface area contributed by atoms with Gasteiger partial charge >= 0.3 is 0 Å². The number of aryl methyl sites for hydroxylation is 1. The molecule has 2 aliphatic heterocycles. The van der Waals surface area contributed by atoms with E-state index < -0.39 is 42.3 Å². The number of nitrogens with zero attached hydrogens (tertiary/aromatic N) is 6. The topological polar surface area (TPSA) is 160 Å². The van der Waals surface area contributed by atoms with E-state index >= 15 is 0 Å². The second-order valence-corrected chi connectivity index (χ2v) is 15.5. The van der Waals surface area contributed by atoms with Gasteiger partial charge in [0.25, 0.3) is 6.43 Å². The van der Waals surface area contributed by atoms with E-state index in [2.05, 4.69) is 20.0 Å². The van der Waals surface area contributed by atoms with Crippen molar-refractivity contribution in [1.82, 2.24) is 29.0 Å². The molecule has 1 aromatic carbocycles. The Bertz CT molecular complexity index is 1840. The Labute approximate surface area is 245 Å². The molecule has 2 aromatic heterocycles. The molecule has 0 radical (unpaired) electrons. The lowest BCUT2D eigenvalue weighted by Crippen LogP contribution is -2.43. The fraction of sp³-hybridized carbons (Fsp3) is 0.520. The molecule has 17 heteroatoms. The second kappa shape index (κ2) is 10.7. The van der Waals surface area contributed by atoms with Crippen molar-refractivity contribution in [3.05, 3.63) is 28.8 Å². The van der Waals surface area contributed by atoms with Crippen LogP contribution in [0, 0.1) is 11.3 Å². The number of benzene rings is 1. The van der Waals surface area contributed by atoms with E-state index in [-0.39, 0.29) is 28.7 Å². The number of nitrogens with one attached hydrogen (secondary N) is 1. The zero-order chi connectivity index (χ0) is 29.9. The van der Waals surface area contributed by atoms with Crippen molar-refractivity contribution in [3.63, 3.8) is 0 Å². The van der Waals surface area contributed by atoms with Gasteiger partial charge < -0.3 is 4.74 Å². The zero-order valence-corrected chi connectivity index (χ0v) is 24.9. The number of hydrogen-bond donors (Lipinski definition) is 1. The smallest absolute Gasteiger partial charge is 0.291 e. The van der Waals surface area contributed by atoms with Crippen LogP contribution in [0.15, 0.2) is 23.1 Å². The zero-order valence-electron chi connectivity index (χ0n) is 22.5. The molecule has 1 saturated heterocycles. The highest BCUT2D eigenvalue weighted by Gasteiger charge is 2.47. The molecule has 3 aromatic rings. The van der Waals surface area contributed by atoms with Crippen LogP contribution in [0.2, 0.25) is 0 Å². The van der Waals surface area contributed by atoms with Gasteiger partial charge in [0.1, 0.15) is 11.2 Å². The van der Waals surface area contributed by atoms with E-state index in [1.807, 2.05) is 6.07 Å². The third-order valence-corrected chi connectivity index (χ3v) is 12.6. The monoisotopic (exact) mass is 639 g/mol. The standard InChI is InChI=1S/C25H27F2N7O5S3/c1-33-21-18(15-2-8-34(9-3-15)42(37,38)16-4-10-39-11-5-16)12-17(41(35,36)32-25(14-28)6-7-25)13-19(21)20(31-33)23-29-30-24(40-23)22(26)27/h2,12-13,16,22,32H,3-11H2,1H3. The van der Waals surface area contributed by atoms with Crippen molar-refractivity contribution in [2.75, 3.05) is 26.3 Å². The van der Waals surface area contributed by atoms with Crippen LogP contribution >= 0.6 is 11.3 Å². The molecule has 0 atom stereocenters. The van der Waals surface area contributed by atoms with Crippen LogP contribution in [0.1, 0.15) is 49.1 Å². The molecule has 1 saturated carbocycles. The summed E-state index contributed by atoms with van der Waals surface area (Å²) in [7, 11) is -6.07. The van der Waals surface area contributed by atoms with Crippen molar-refractivity contribution in [1.29, 1.82) is 5.26 Å². The number of nitriles is 1. The first kappa shape index (κ1) is 29.2. The summed E-state index contributed by atoms with van der Waals surface area (Å²) in [4.78, 5) is -0.127. The van der Waals surface area contributed by atoms with Crippen molar-refractivity contribution in [2.24, 2.45) is 7.05 Å². The molecular weight excluding hydrogens is 613 g/mol. The van der Waals surface area contributed by atoms with E-state index in [0.717, 1.165) is 5.57 Å². The fourth-order valence-corrected chi connectivity index (χ4v) is 9.32. The van der Waals surface area contributed by atoms with E-state index in [1.165, 1.54) is 21.1 Å². The summed E-state index contributed by atoms with van der Waals surface area (Å²) >= 11 is 0.664. The molecule has 42 heavy (non-hydrogen) atoms. The van der Waals surface area contributed by atoms with Crippen LogP contribution in [0.25, 0.3) is 27.2 Å². The van der Waals surface area contributed by atoms with Crippen molar-refractivity contribution < 1.29 is 30.4 Å². The van der Waals surface area contributed by atoms with Crippen LogP contribution in [0.5, 0.6) is 0 Å². The molecule has 4 heterocycles. The fourth-order valence-electron chi connectivity index (χ4n) is 5.36. The Morgan fingerprint density at radius 3 is 2.52 bits per heavy atom. The molecule has 0 spiro atoms. The van der Waals surface area contributed by atoms with Crippen molar-refractivity contribution in [3.8, 4) is 16.8 Å². The first-order valence-electron chi connectivity index (χ1n) is 13.3. The molecule has 12 nitrogen and oxygen atoms in total. The highest BCUT2D eigenvalue weighted by molar-refractivity contribution is 7.90. The van der Waals surface area contributed by atoms with Crippen LogP contribution in [0.4, 0.5) is 8.78 Å². The summed E-state index contributed by atoms with van der Waals surface area (Å²) < 4.78 is 90.9. The van der Waals surface area contributed by atoms with Crippen molar-refractivity contribution in [2.45, 2.75) is 54.2 Å². The Kier molecular flexibility index (Phi) is 7.43. The molecule has 2 fully saturated rings. The minimum atomic E-state index is -4.17. The van der Waals surface area contributed by atoms with E-state index in [0.29, 0.717) is 73.1 Å². The van der Waals surface area contributed by atoms with Gasteiger partial charge in [0.15, 0.2) is 10.0 Å². The van der Waals surface area contributed by atoms with Gasteiger partial charge in [0.05, 0.1) is 21.7 Å². The number of sulfonamides is 2. The van der Waals surface area contributed by atoms with E-state index in [1.54, 1.807) is 13.1 Å². The predicted molar refractivity (Wildman–Crippen MR) is 149 cm³/mol. The molecule has 224 valence electrons. The SMILES string of the molecule is Cn1nc(-c2nnc(C(F)F)s2)c2cc(S(=O)(=O)NC3(C#N)CC3)cc(C3=CCN(S(=O)(=O)C4CCOCC4)CC3)c21. The molecular formula is C25H27F2N7O5S3. The van der Waals surface area contributed by atoms with Crippen LogP contribution in [0.3, 0.4) is 0 Å². The maximum Gasteiger partial charge on any atom is 0.291 e. The number of halogens is 2. The van der Waals surface area contributed by atoms with Gasteiger partial charge in [0.2, 0.25) is 20.0 Å². The molecule has 1 aliphatic carbocycles. The number of fused-ring (bicyclic) bond motifs is 1. The quantitative estimate of drug-likeness (QED) is 0.391. The lowest BCUT2D eigenvalue weighted by molar-refractivity contribution is 0.0973. The summed E-state index contributed by atoms with van der Waals surface area (Å²) in [5.41, 5.74) is 0.790. The third kappa shape index (κ3) is 5.24. The molecule has 1 N–H and O–H groups in total. The van der Waals surface area contributed by atoms with Gasteiger partial charge in [-0.2, -0.15) is 19.4 Å². The molecule has 3 aliphatic rings. The summed E-state index contributed by atoms with van der Waals surface area (Å²) in [6.07, 6.45) is 0.900. The number of aromatic nitrogens is 4. The number of hydrogen-bond acceptors (Lipinski definition) is 10. The molecule has 0 bridgehead atoms. The van der Waals surface area contributed by atoms with Crippen molar-refractivity contribution >= 4 is 47.9 Å². The second-order valence-electron chi connectivity index (χ2n) is 10.6. The van der Waals surface area contributed by atoms with Gasteiger partial charge in [-0.15, -0.1) is 10.2 Å². The highest BCUT2D eigenvalue weighted by Crippen LogP contribution is 2.40. The average molecular weight is 640 g/mol. The minimum Gasteiger partial charge on any atom is -0.381 e. The predicted octanol–water partition coefficient (Wildman–Crippen LogP) is 2.96. The minimum absolute atomic E-state index is 0.103. The Hall–Kier alpha value is -2.88. The summed E-state index contributed by atoms with van der Waals surface area (Å²) in [6, 6.07) is 4.90. The Balaban J connectivity index is 1.44.